The van der Waals surface area contributed by atoms with Gasteiger partial charge in [-0.15, -0.1) is 0 Å². The highest BCUT2D eigenvalue weighted by Crippen LogP contribution is 2.33. The van der Waals surface area contributed by atoms with Crippen molar-refractivity contribution in [3.8, 4) is 0 Å². The highest BCUT2D eigenvalue weighted by atomic mass is 35.5. The lowest BCUT2D eigenvalue weighted by molar-refractivity contribution is -0.119. The van der Waals surface area contributed by atoms with Crippen LogP contribution in [0.3, 0.4) is 0 Å². The number of ether oxygens (including phenoxy) is 1. The summed E-state index contributed by atoms with van der Waals surface area (Å²) in [6.07, 6.45) is 1.43. The molecule has 3 rings (SSSR count). The van der Waals surface area contributed by atoms with Crippen molar-refractivity contribution in [2.45, 2.75) is 11.4 Å². The Bertz CT molecular complexity index is 1210. The van der Waals surface area contributed by atoms with E-state index in [1.54, 1.807) is 12.1 Å². The molecule has 0 atom stereocenters. The maximum atomic E-state index is 12.3. The lowest BCUT2D eigenvalue weighted by atomic mass is 10.2. The van der Waals surface area contributed by atoms with E-state index in [4.69, 9.17) is 44.0 Å². The van der Waals surface area contributed by atoms with Crippen molar-refractivity contribution in [1.29, 1.82) is 0 Å². The first-order chi connectivity index (χ1) is 15.2. The molecular formula is C20H15Cl3N2O6S. The second-order valence-corrected chi connectivity index (χ2v) is 9.31. The lowest BCUT2D eigenvalue weighted by Crippen LogP contribution is -2.23. The number of hydrogen-bond donors (Lipinski definition) is 2. The Morgan fingerprint density at radius 1 is 1.00 bits per heavy atom. The zero-order valence-electron chi connectivity index (χ0n) is 16.1. The molecule has 0 radical (unpaired) electrons. The van der Waals surface area contributed by atoms with E-state index in [0.717, 1.165) is 0 Å². The Balaban J connectivity index is 1.56. The van der Waals surface area contributed by atoms with Gasteiger partial charge in [0.25, 0.3) is 5.91 Å². The first-order valence-corrected chi connectivity index (χ1v) is 11.5. The summed E-state index contributed by atoms with van der Waals surface area (Å²) < 4.78 is 37.0. The third-order valence-electron chi connectivity index (χ3n) is 4.02. The van der Waals surface area contributed by atoms with Gasteiger partial charge in [-0.2, -0.15) is 0 Å². The molecule has 0 saturated carbocycles. The number of carbonyl (C=O) groups excluding carboxylic acids is 2. The molecular weight excluding hydrogens is 503 g/mol. The minimum absolute atomic E-state index is 0.0180. The molecule has 0 bridgehead atoms. The highest BCUT2D eigenvalue weighted by molar-refractivity contribution is 7.89. The van der Waals surface area contributed by atoms with Gasteiger partial charge in [0, 0.05) is 5.02 Å². The van der Waals surface area contributed by atoms with E-state index in [2.05, 4.69) is 10.0 Å². The number of hydrogen-bond acceptors (Lipinski definition) is 6. The van der Waals surface area contributed by atoms with E-state index in [1.165, 1.54) is 42.7 Å². The molecule has 0 aliphatic heterocycles. The van der Waals surface area contributed by atoms with Crippen LogP contribution in [0.1, 0.15) is 16.1 Å². The predicted molar refractivity (Wildman–Crippen MR) is 120 cm³/mol. The zero-order chi connectivity index (χ0) is 23.3. The van der Waals surface area contributed by atoms with Crippen LogP contribution in [0, 0.1) is 0 Å². The largest absolute Gasteiger partial charge is 0.468 e. The molecule has 0 aliphatic carbocycles. The van der Waals surface area contributed by atoms with E-state index in [9.17, 15) is 18.0 Å². The van der Waals surface area contributed by atoms with Gasteiger partial charge in [-0.25, -0.2) is 17.9 Å². The molecule has 1 amide bonds. The van der Waals surface area contributed by atoms with E-state index < -0.39 is 28.5 Å². The van der Waals surface area contributed by atoms with Crippen molar-refractivity contribution in [3.05, 3.63) is 81.2 Å². The van der Waals surface area contributed by atoms with E-state index in [-0.39, 0.29) is 32.7 Å². The summed E-state index contributed by atoms with van der Waals surface area (Å²) in [5.41, 5.74) is 0.195. The van der Waals surface area contributed by atoms with Gasteiger partial charge in [0.15, 0.2) is 6.61 Å². The van der Waals surface area contributed by atoms with Crippen LogP contribution in [0.2, 0.25) is 15.1 Å². The van der Waals surface area contributed by atoms with Crippen molar-refractivity contribution < 1.29 is 27.2 Å². The first-order valence-electron chi connectivity index (χ1n) is 8.89. The number of halogens is 3. The number of rotatable bonds is 8. The van der Waals surface area contributed by atoms with Gasteiger partial charge in [0.2, 0.25) is 10.0 Å². The molecule has 0 saturated heterocycles. The maximum absolute atomic E-state index is 12.3. The average Bonchev–Trinajstić information content (AvgIpc) is 3.27. The zero-order valence-corrected chi connectivity index (χ0v) is 19.2. The molecule has 0 spiro atoms. The number of sulfonamides is 1. The molecule has 2 aromatic carbocycles. The number of anilines is 1. The Kier molecular flexibility index (Phi) is 7.81. The fourth-order valence-electron chi connectivity index (χ4n) is 2.48. The van der Waals surface area contributed by atoms with E-state index in [0.29, 0.717) is 10.8 Å². The number of nitrogens with one attached hydrogen (secondary N) is 2. The van der Waals surface area contributed by atoms with Crippen LogP contribution >= 0.6 is 34.8 Å². The van der Waals surface area contributed by atoms with Gasteiger partial charge in [0.05, 0.1) is 39.0 Å². The van der Waals surface area contributed by atoms with Crippen LogP contribution in [0.15, 0.2) is 64.1 Å². The summed E-state index contributed by atoms with van der Waals surface area (Å²) >= 11 is 17.8. The standard InChI is InChI=1S/C20H15Cl3N2O6S/c21-13-8-16(22)19(17(23)9-13)25-18(26)11-31-20(27)12-3-5-15(6-4-12)32(28,29)24-10-14-2-1-7-30-14/h1-9,24H,10-11H2,(H,25,26). The number of benzene rings is 2. The summed E-state index contributed by atoms with van der Waals surface area (Å²) in [5, 5.41) is 2.98. The average molecular weight is 518 g/mol. The molecule has 0 unspecified atom stereocenters. The van der Waals surface area contributed by atoms with E-state index in [1.807, 2.05) is 0 Å². The number of amides is 1. The molecule has 3 aromatic rings. The fourth-order valence-corrected chi connectivity index (χ4v) is 4.39. The fraction of sp³-hybridized carbons (Fsp3) is 0.100. The Hall–Kier alpha value is -2.56. The monoisotopic (exact) mass is 516 g/mol. The summed E-state index contributed by atoms with van der Waals surface area (Å²) in [7, 11) is -3.81. The summed E-state index contributed by atoms with van der Waals surface area (Å²) in [4.78, 5) is 24.2. The van der Waals surface area contributed by atoms with Gasteiger partial charge in [-0.1, -0.05) is 34.8 Å². The normalized spacial score (nSPS) is 11.2. The smallest absolute Gasteiger partial charge is 0.338 e. The van der Waals surface area contributed by atoms with Crippen molar-refractivity contribution in [2.75, 3.05) is 11.9 Å². The molecule has 0 fully saturated rings. The molecule has 1 aromatic heterocycles. The SMILES string of the molecule is O=C(COC(=O)c1ccc(S(=O)(=O)NCc2ccco2)cc1)Nc1c(Cl)cc(Cl)cc1Cl. The topological polar surface area (TPSA) is 115 Å². The molecule has 8 nitrogen and oxygen atoms in total. The number of esters is 1. The number of furan rings is 1. The number of carbonyl (C=O) groups is 2. The molecule has 12 heteroatoms. The summed E-state index contributed by atoms with van der Waals surface area (Å²) in [5.74, 6) is -1.04. The third-order valence-corrected chi connectivity index (χ3v) is 6.25. The Labute approximate surface area is 198 Å². The molecule has 2 N–H and O–H groups in total. The van der Waals surface area contributed by atoms with Gasteiger partial charge >= 0.3 is 5.97 Å². The summed E-state index contributed by atoms with van der Waals surface area (Å²) in [6.45, 7) is -0.630. The lowest BCUT2D eigenvalue weighted by Gasteiger charge is -2.10. The quantitative estimate of drug-likeness (QED) is 0.425. The second kappa shape index (κ2) is 10.4. The second-order valence-electron chi connectivity index (χ2n) is 6.30. The van der Waals surface area contributed by atoms with Crippen molar-refractivity contribution in [1.82, 2.24) is 4.72 Å². The Morgan fingerprint density at radius 3 is 2.25 bits per heavy atom. The van der Waals surface area contributed by atoms with Crippen LogP contribution in [-0.2, 0) is 26.1 Å². The van der Waals surface area contributed by atoms with Crippen LogP contribution < -0.4 is 10.0 Å². The first kappa shape index (κ1) is 24.1. The molecule has 1 heterocycles. The Morgan fingerprint density at radius 2 is 1.66 bits per heavy atom. The van der Waals surface area contributed by atoms with Crippen LogP contribution in [0.25, 0.3) is 0 Å². The van der Waals surface area contributed by atoms with Crippen molar-refractivity contribution >= 4 is 62.4 Å². The van der Waals surface area contributed by atoms with Crippen LogP contribution in [0.4, 0.5) is 5.69 Å². The van der Waals surface area contributed by atoms with Gasteiger partial charge in [0.1, 0.15) is 5.76 Å². The highest BCUT2D eigenvalue weighted by Gasteiger charge is 2.17. The molecule has 32 heavy (non-hydrogen) atoms. The van der Waals surface area contributed by atoms with Gasteiger partial charge < -0.3 is 14.5 Å². The molecule has 168 valence electrons. The minimum Gasteiger partial charge on any atom is -0.468 e. The summed E-state index contributed by atoms with van der Waals surface area (Å²) in [6, 6.07) is 11.1. The predicted octanol–water partition coefficient (Wildman–Crippen LogP) is 4.51. The van der Waals surface area contributed by atoms with Crippen molar-refractivity contribution in [3.63, 3.8) is 0 Å². The molecule has 0 aliphatic rings. The van der Waals surface area contributed by atoms with Gasteiger partial charge in [-0.3, -0.25) is 4.79 Å². The van der Waals surface area contributed by atoms with E-state index >= 15 is 0 Å². The van der Waals surface area contributed by atoms with Crippen molar-refractivity contribution in [2.24, 2.45) is 0 Å². The maximum Gasteiger partial charge on any atom is 0.338 e. The van der Waals surface area contributed by atoms with Crippen LogP contribution in [0.5, 0.6) is 0 Å². The van der Waals surface area contributed by atoms with Crippen LogP contribution in [-0.4, -0.2) is 26.9 Å². The van der Waals surface area contributed by atoms with Gasteiger partial charge in [-0.05, 0) is 48.5 Å². The third kappa shape index (κ3) is 6.24. The minimum atomic E-state index is -3.81.